The first-order valence-corrected chi connectivity index (χ1v) is 6.14. The molecule has 1 amide bonds. The molecule has 0 unspecified atom stereocenters. The largest absolute Gasteiger partial charge is 0.505 e. The quantitative estimate of drug-likeness (QED) is 0.889. The van der Waals surface area contributed by atoms with Crippen LogP contribution in [0, 0.1) is 6.92 Å². The first-order valence-electron chi connectivity index (χ1n) is 5.39. The number of aromatic nitrogens is 1. The van der Waals surface area contributed by atoms with Gasteiger partial charge in [-0.15, -0.1) is 0 Å². The molecule has 4 nitrogen and oxygen atoms in total. The number of aromatic hydroxyl groups is 1. The summed E-state index contributed by atoms with van der Waals surface area (Å²) in [5.74, 6) is -0.684. The van der Waals surface area contributed by atoms with Crippen LogP contribution in [-0.4, -0.2) is 16.0 Å². The second kappa shape index (κ2) is 5.47. The van der Waals surface area contributed by atoms with Crippen molar-refractivity contribution in [2.45, 2.75) is 6.92 Å². The third-order valence-corrected chi connectivity index (χ3v) is 3.26. The van der Waals surface area contributed by atoms with Crippen molar-refractivity contribution < 1.29 is 9.90 Å². The van der Waals surface area contributed by atoms with Crippen LogP contribution in [0.5, 0.6) is 5.75 Å². The molecular formula is C13H10Cl2N2O2. The van der Waals surface area contributed by atoms with E-state index >= 15 is 0 Å². The number of carbonyl (C=O) groups excluding carboxylic acids is 1. The number of amides is 1. The maximum atomic E-state index is 12.0. The lowest BCUT2D eigenvalue weighted by Crippen LogP contribution is -2.12. The third kappa shape index (κ3) is 2.97. The molecule has 6 heteroatoms. The number of aryl methyl sites for hydroxylation is 1. The number of halogens is 2. The smallest absolute Gasteiger partial charge is 0.259 e. The highest BCUT2D eigenvalue weighted by molar-refractivity contribution is 6.36. The Balaban J connectivity index is 2.30. The lowest BCUT2D eigenvalue weighted by molar-refractivity contribution is 0.102. The number of nitrogens with one attached hydrogen (secondary N) is 1. The lowest BCUT2D eigenvalue weighted by atomic mass is 10.2. The van der Waals surface area contributed by atoms with Gasteiger partial charge in [-0.2, -0.15) is 0 Å². The molecule has 19 heavy (non-hydrogen) atoms. The summed E-state index contributed by atoms with van der Waals surface area (Å²) < 4.78 is 0. The molecule has 2 N–H and O–H groups in total. The van der Waals surface area contributed by atoms with Gasteiger partial charge in [0.2, 0.25) is 0 Å². The zero-order chi connectivity index (χ0) is 14.0. The number of hydrogen-bond donors (Lipinski definition) is 2. The molecule has 1 heterocycles. The maximum Gasteiger partial charge on any atom is 0.259 e. The normalized spacial score (nSPS) is 10.3. The van der Waals surface area contributed by atoms with Crippen LogP contribution in [0.2, 0.25) is 10.0 Å². The Morgan fingerprint density at radius 2 is 2.05 bits per heavy atom. The topological polar surface area (TPSA) is 62.2 Å². The number of benzene rings is 1. The highest BCUT2D eigenvalue weighted by Crippen LogP contribution is 2.29. The fourth-order valence-electron chi connectivity index (χ4n) is 1.51. The molecule has 1 aromatic heterocycles. The van der Waals surface area contributed by atoms with Gasteiger partial charge < -0.3 is 10.4 Å². The number of hydrogen-bond acceptors (Lipinski definition) is 3. The average Bonchev–Trinajstić information content (AvgIpc) is 2.36. The maximum absolute atomic E-state index is 12.0. The Hall–Kier alpha value is -1.78. The van der Waals surface area contributed by atoms with Gasteiger partial charge in [0.1, 0.15) is 5.75 Å². The van der Waals surface area contributed by atoms with Gasteiger partial charge in [-0.1, -0.05) is 23.2 Å². The summed E-state index contributed by atoms with van der Waals surface area (Å²) in [4.78, 5) is 15.7. The minimum Gasteiger partial charge on any atom is -0.505 e. The average molecular weight is 297 g/mol. The van der Waals surface area contributed by atoms with E-state index in [4.69, 9.17) is 23.2 Å². The van der Waals surface area contributed by atoms with Gasteiger partial charge in [0.25, 0.3) is 5.91 Å². The molecule has 98 valence electrons. The van der Waals surface area contributed by atoms with E-state index in [2.05, 4.69) is 10.3 Å². The third-order valence-electron chi connectivity index (χ3n) is 2.54. The summed E-state index contributed by atoms with van der Waals surface area (Å²) in [5, 5.41) is 13.0. The van der Waals surface area contributed by atoms with Crippen LogP contribution in [0.1, 0.15) is 15.9 Å². The predicted octanol–water partition coefficient (Wildman–Crippen LogP) is 3.65. The van der Waals surface area contributed by atoms with Crippen molar-refractivity contribution in [3.63, 3.8) is 0 Å². The van der Waals surface area contributed by atoms with Crippen molar-refractivity contribution in [3.05, 3.63) is 51.8 Å². The summed E-state index contributed by atoms with van der Waals surface area (Å²) in [6, 6.07) is 4.63. The molecular weight excluding hydrogens is 287 g/mol. The lowest BCUT2D eigenvalue weighted by Gasteiger charge is -2.10. The van der Waals surface area contributed by atoms with Crippen molar-refractivity contribution in [2.24, 2.45) is 0 Å². The Morgan fingerprint density at radius 3 is 2.74 bits per heavy atom. The van der Waals surface area contributed by atoms with E-state index in [1.165, 1.54) is 18.5 Å². The molecule has 0 bridgehead atoms. The number of nitrogens with zero attached hydrogens (tertiary/aromatic N) is 1. The van der Waals surface area contributed by atoms with E-state index < -0.39 is 5.91 Å². The fourth-order valence-corrected chi connectivity index (χ4v) is 1.94. The second-order valence-electron chi connectivity index (χ2n) is 3.93. The molecule has 1 aromatic carbocycles. The molecule has 0 atom stereocenters. The van der Waals surface area contributed by atoms with Crippen molar-refractivity contribution in [1.82, 2.24) is 4.98 Å². The summed E-state index contributed by atoms with van der Waals surface area (Å²) in [5.41, 5.74) is 1.32. The second-order valence-corrected chi connectivity index (χ2v) is 4.74. The zero-order valence-electron chi connectivity index (χ0n) is 9.95. The van der Waals surface area contributed by atoms with Crippen LogP contribution in [0.15, 0.2) is 30.6 Å². The van der Waals surface area contributed by atoms with E-state index in [0.29, 0.717) is 15.7 Å². The van der Waals surface area contributed by atoms with Crippen molar-refractivity contribution in [3.8, 4) is 5.75 Å². The van der Waals surface area contributed by atoms with E-state index in [1.807, 2.05) is 6.92 Å². The Morgan fingerprint density at radius 1 is 1.32 bits per heavy atom. The molecule has 0 saturated heterocycles. The highest BCUT2D eigenvalue weighted by Gasteiger charge is 2.13. The van der Waals surface area contributed by atoms with E-state index in [1.54, 1.807) is 12.1 Å². The first-order chi connectivity index (χ1) is 8.99. The van der Waals surface area contributed by atoms with E-state index in [-0.39, 0.29) is 11.3 Å². The van der Waals surface area contributed by atoms with Crippen LogP contribution in [-0.2, 0) is 0 Å². The van der Waals surface area contributed by atoms with Crippen LogP contribution in [0.3, 0.4) is 0 Å². The minimum absolute atomic E-state index is 0.114. The van der Waals surface area contributed by atoms with Gasteiger partial charge in [0.15, 0.2) is 0 Å². The van der Waals surface area contributed by atoms with Gasteiger partial charge in [-0.05, 0) is 30.7 Å². The standard InChI is InChI=1S/C13H10Cl2N2O2/c1-7-4-10(15)11(5-9(7)14)17-13(19)8-2-3-16-6-12(8)18/h2-6,18H,1H3,(H,17,19). The van der Waals surface area contributed by atoms with Gasteiger partial charge in [-0.3, -0.25) is 9.78 Å². The number of rotatable bonds is 2. The zero-order valence-corrected chi connectivity index (χ0v) is 11.5. The van der Waals surface area contributed by atoms with Gasteiger partial charge >= 0.3 is 0 Å². The molecule has 0 fully saturated rings. The minimum atomic E-state index is -0.485. The number of anilines is 1. The highest BCUT2D eigenvalue weighted by atomic mass is 35.5. The van der Waals surface area contributed by atoms with Crippen LogP contribution >= 0.6 is 23.2 Å². The molecule has 0 aliphatic heterocycles. The predicted molar refractivity (Wildman–Crippen MR) is 75.1 cm³/mol. The molecule has 0 aliphatic rings. The van der Waals surface area contributed by atoms with Gasteiger partial charge in [0, 0.05) is 11.2 Å². The fraction of sp³-hybridized carbons (Fsp3) is 0.0769. The van der Waals surface area contributed by atoms with Crippen LogP contribution in [0.4, 0.5) is 5.69 Å². The Bertz CT molecular complexity index is 645. The summed E-state index contributed by atoms with van der Waals surface area (Å²) in [6.45, 7) is 1.81. The molecule has 0 aliphatic carbocycles. The summed E-state index contributed by atoms with van der Waals surface area (Å²) in [7, 11) is 0. The molecule has 0 radical (unpaired) electrons. The Labute approximate surface area is 120 Å². The van der Waals surface area contributed by atoms with Crippen molar-refractivity contribution in [1.29, 1.82) is 0 Å². The van der Waals surface area contributed by atoms with E-state index in [9.17, 15) is 9.90 Å². The van der Waals surface area contributed by atoms with E-state index in [0.717, 1.165) is 5.56 Å². The van der Waals surface area contributed by atoms with Crippen LogP contribution < -0.4 is 5.32 Å². The van der Waals surface area contributed by atoms with Gasteiger partial charge in [-0.25, -0.2) is 0 Å². The van der Waals surface area contributed by atoms with Crippen LogP contribution in [0.25, 0.3) is 0 Å². The molecule has 2 aromatic rings. The Kier molecular flexibility index (Phi) is 3.93. The summed E-state index contributed by atoms with van der Waals surface area (Å²) >= 11 is 12.0. The molecule has 0 saturated carbocycles. The SMILES string of the molecule is Cc1cc(Cl)c(NC(=O)c2ccncc2O)cc1Cl. The molecule has 2 rings (SSSR count). The number of carbonyl (C=O) groups is 1. The summed E-state index contributed by atoms with van der Waals surface area (Å²) in [6.07, 6.45) is 2.61. The van der Waals surface area contributed by atoms with Crippen molar-refractivity contribution >= 4 is 34.8 Å². The number of pyridine rings is 1. The first kappa shape index (κ1) is 13.6. The monoisotopic (exact) mass is 296 g/mol. The van der Waals surface area contributed by atoms with Gasteiger partial charge in [0.05, 0.1) is 22.5 Å². The van der Waals surface area contributed by atoms with Crippen molar-refractivity contribution in [2.75, 3.05) is 5.32 Å². The molecule has 0 spiro atoms.